The summed E-state index contributed by atoms with van der Waals surface area (Å²) >= 11 is 0. The Balaban J connectivity index is 0.00000256. The molecule has 30 heavy (non-hydrogen) atoms. The second-order valence-corrected chi connectivity index (χ2v) is 7.30. The summed E-state index contributed by atoms with van der Waals surface area (Å²) in [6.07, 6.45) is 3.79. The van der Waals surface area contributed by atoms with Gasteiger partial charge in [0, 0.05) is 31.9 Å². The van der Waals surface area contributed by atoms with E-state index in [1.165, 1.54) is 5.69 Å². The van der Waals surface area contributed by atoms with E-state index in [0.717, 1.165) is 56.4 Å². The van der Waals surface area contributed by atoms with E-state index in [-0.39, 0.29) is 18.4 Å². The van der Waals surface area contributed by atoms with Crippen molar-refractivity contribution in [1.29, 1.82) is 0 Å². The van der Waals surface area contributed by atoms with Gasteiger partial charge in [0.1, 0.15) is 18.1 Å². The minimum atomic E-state index is 0. The van der Waals surface area contributed by atoms with Crippen molar-refractivity contribution < 1.29 is 9.15 Å². The number of piperazine rings is 1. The Morgan fingerprint density at radius 2 is 1.87 bits per heavy atom. The molecule has 0 radical (unpaired) electrons. The first kappa shape index (κ1) is 22.1. The Morgan fingerprint density at radius 1 is 1.10 bits per heavy atom. The number of hydrogen-bond donors (Lipinski definition) is 0. The zero-order valence-corrected chi connectivity index (χ0v) is 18.3. The minimum Gasteiger partial charge on any atom is -0.497 e. The van der Waals surface area contributed by atoms with E-state index >= 15 is 0 Å². The van der Waals surface area contributed by atoms with Gasteiger partial charge in [-0.3, -0.25) is 4.90 Å². The summed E-state index contributed by atoms with van der Waals surface area (Å²) in [4.78, 5) is 4.93. The second kappa shape index (κ2) is 10.4. The summed E-state index contributed by atoms with van der Waals surface area (Å²) in [6, 6.07) is 12.3. The van der Waals surface area contributed by atoms with Crippen molar-refractivity contribution in [2.75, 3.05) is 38.2 Å². The molecule has 0 aliphatic carbocycles. The number of methoxy groups -OCH3 is 1. The van der Waals surface area contributed by atoms with Crippen LogP contribution in [0.3, 0.4) is 0 Å². The molecular formula is C21H29ClN6O2. The second-order valence-electron chi connectivity index (χ2n) is 7.30. The van der Waals surface area contributed by atoms with Crippen LogP contribution in [0.15, 0.2) is 47.1 Å². The molecule has 1 atom stereocenters. The average Bonchev–Trinajstić information content (AvgIpc) is 3.45. The highest BCUT2D eigenvalue weighted by Crippen LogP contribution is 2.27. The van der Waals surface area contributed by atoms with Gasteiger partial charge >= 0.3 is 0 Å². The summed E-state index contributed by atoms with van der Waals surface area (Å²) in [6.45, 7) is 6.68. The Hall–Kier alpha value is -2.58. The lowest BCUT2D eigenvalue weighted by Crippen LogP contribution is -2.48. The lowest BCUT2D eigenvalue weighted by molar-refractivity contribution is 0.164. The van der Waals surface area contributed by atoms with Crippen LogP contribution in [0.5, 0.6) is 5.75 Å². The van der Waals surface area contributed by atoms with Crippen molar-refractivity contribution in [1.82, 2.24) is 25.1 Å². The van der Waals surface area contributed by atoms with Crippen molar-refractivity contribution in [2.45, 2.75) is 32.4 Å². The maximum atomic E-state index is 5.48. The maximum absolute atomic E-state index is 5.48. The van der Waals surface area contributed by atoms with Crippen LogP contribution >= 0.6 is 12.4 Å². The summed E-state index contributed by atoms with van der Waals surface area (Å²) in [5, 5.41) is 12.5. The van der Waals surface area contributed by atoms with Crippen LogP contribution in [0.2, 0.25) is 0 Å². The third-order valence-corrected chi connectivity index (χ3v) is 5.50. The van der Waals surface area contributed by atoms with Gasteiger partial charge in [-0.1, -0.05) is 13.3 Å². The standard InChI is InChI=1S/C21H28N6O2.ClH/c1-3-5-20(21-22-23-24-27(21)16-19-6-4-15-29-19)26-13-11-25(12-14-26)17-7-9-18(28-2)10-8-17;/h4,6-10,15,20H,3,5,11-14,16H2,1-2H3;1H. The largest absolute Gasteiger partial charge is 0.497 e. The Bertz CT molecular complexity index is 875. The zero-order valence-electron chi connectivity index (χ0n) is 17.5. The Labute approximate surface area is 183 Å². The van der Waals surface area contributed by atoms with Gasteiger partial charge in [0.2, 0.25) is 0 Å². The average molecular weight is 433 g/mol. The third-order valence-electron chi connectivity index (χ3n) is 5.50. The van der Waals surface area contributed by atoms with Crippen LogP contribution in [0.4, 0.5) is 5.69 Å². The normalized spacial score (nSPS) is 15.6. The van der Waals surface area contributed by atoms with Gasteiger partial charge in [0.05, 0.1) is 19.4 Å². The van der Waals surface area contributed by atoms with Gasteiger partial charge in [-0.15, -0.1) is 17.5 Å². The number of hydrogen-bond acceptors (Lipinski definition) is 7. The zero-order chi connectivity index (χ0) is 20.1. The smallest absolute Gasteiger partial charge is 0.168 e. The van der Waals surface area contributed by atoms with Gasteiger partial charge in [0.15, 0.2) is 5.82 Å². The van der Waals surface area contributed by atoms with Gasteiger partial charge in [-0.2, -0.15) is 0 Å². The van der Waals surface area contributed by atoms with E-state index in [1.54, 1.807) is 13.4 Å². The molecule has 1 unspecified atom stereocenters. The molecule has 1 fully saturated rings. The van der Waals surface area contributed by atoms with E-state index in [0.29, 0.717) is 6.54 Å². The summed E-state index contributed by atoms with van der Waals surface area (Å²) < 4.78 is 12.6. The molecule has 8 nitrogen and oxygen atoms in total. The molecule has 0 amide bonds. The first-order valence-electron chi connectivity index (χ1n) is 10.2. The predicted molar refractivity (Wildman–Crippen MR) is 117 cm³/mol. The van der Waals surface area contributed by atoms with E-state index < -0.39 is 0 Å². The molecule has 9 heteroatoms. The number of tetrazole rings is 1. The van der Waals surface area contributed by atoms with Crippen molar-refractivity contribution in [2.24, 2.45) is 0 Å². The van der Waals surface area contributed by atoms with E-state index in [9.17, 15) is 0 Å². The van der Waals surface area contributed by atoms with E-state index in [4.69, 9.17) is 9.15 Å². The van der Waals surface area contributed by atoms with E-state index in [1.807, 2.05) is 28.9 Å². The summed E-state index contributed by atoms with van der Waals surface area (Å²) in [5.41, 5.74) is 1.24. The molecule has 1 aromatic carbocycles. The number of ether oxygens (including phenoxy) is 1. The molecule has 3 heterocycles. The molecule has 3 aromatic rings. The fraction of sp³-hybridized carbons (Fsp3) is 0.476. The Morgan fingerprint density at radius 3 is 2.50 bits per heavy atom. The number of benzene rings is 1. The summed E-state index contributed by atoms with van der Waals surface area (Å²) in [5.74, 6) is 2.66. The highest BCUT2D eigenvalue weighted by atomic mass is 35.5. The SMILES string of the molecule is CCCC(c1nnnn1Cc1ccco1)N1CCN(c2ccc(OC)cc2)CC1.Cl. The van der Waals surface area contributed by atoms with Gasteiger partial charge in [-0.25, -0.2) is 4.68 Å². The van der Waals surface area contributed by atoms with Crippen LogP contribution in [-0.4, -0.2) is 58.4 Å². The van der Waals surface area contributed by atoms with Crippen molar-refractivity contribution in [3.63, 3.8) is 0 Å². The van der Waals surface area contributed by atoms with Gasteiger partial charge in [-0.05, 0) is 53.2 Å². The molecule has 1 aliphatic heterocycles. The highest BCUT2D eigenvalue weighted by Gasteiger charge is 2.28. The van der Waals surface area contributed by atoms with Crippen molar-refractivity contribution >= 4 is 18.1 Å². The molecular weight excluding hydrogens is 404 g/mol. The van der Waals surface area contributed by atoms with Crippen LogP contribution in [0, 0.1) is 0 Å². The molecule has 1 aliphatic rings. The number of anilines is 1. The summed E-state index contributed by atoms with van der Waals surface area (Å²) in [7, 11) is 1.70. The predicted octanol–water partition coefficient (Wildman–Crippen LogP) is 3.41. The van der Waals surface area contributed by atoms with Crippen LogP contribution < -0.4 is 9.64 Å². The number of aromatic nitrogens is 4. The van der Waals surface area contributed by atoms with Crippen LogP contribution in [0.1, 0.15) is 37.4 Å². The Kier molecular flexibility index (Phi) is 7.70. The lowest BCUT2D eigenvalue weighted by Gasteiger charge is -2.39. The van der Waals surface area contributed by atoms with Gasteiger partial charge < -0.3 is 14.1 Å². The van der Waals surface area contributed by atoms with E-state index in [2.05, 4.69) is 44.4 Å². The highest BCUT2D eigenvalue weighted by molar-refractivity contribution is 5.85. The van der Waals surface area contributed by atoms with Crippen LogP contribution in [0.25, 0.3) is 0 Å². The first-order chi connectivity index (χ1) is 14.3. The molecule has 0 spiro atoms. The fourth-order valence-corrected chi connectivity index (χ4v) is 3.95. The first-order valence-corrected chi connectivity index (χ1v) is 10.2. The fourth-order valence-electron chi connectivity index (χ4n) is 3.95. The molecule has 1 saturated heterocycles. The number of furan rings is 1. The monoisotopic (exact) mass is 432 g/mol. The van der Waals surface area contributed by atoms with Gasteiger partial charge in [0.25, 0.3) is 0 Å². The molecule has 0 bridgehead atoms. The molecule has 162 valence electrons. The molecule has 0 saturated carbocycles. The number of halogens is 1. The maximum Gasteiger partial charge on any atom is 0.168 e. The van der Waals surface area contributed by atoms with Crippen molar-refractivity contribution in [3.8, 4) is 5.75 Å². The topological polar surface area (TPSA) is 72.5 Å². The molecule has 0 N–H and O–H groups in total. The minimum absolute atomic E-state index is 0. The lowest BCUT2D eigenvalue weighted by atomic mass is 10.1. The quantitative estimate of drug-likeness (QED) is 0.540. The number of rotatable bonds is 8. The molecule has 2 aromatic heterocycles. The van der Waals surface area contributed by atoms with Crippen molar-refractivity contribution in [3.05, 3.63) is 54.2 Å². The molecule has 4 rings (SSSR count). The third kappa shape index (κ3) is 4.94. The number of nitrogens with zero attached hydrogens (tertiary/aromatic N) is 6. The van der Waals surface area contributed by atoms with Crippen LogP contribution in [-0.2, 0) is 6.54 Å².